The Kier molecular flexibility index (Phi) is 5.10. The van der Waals surface area contributed by atoms with E-state index in [9.17, 15) is 13.2 Å². The molecule has 0 aliphatic carbocycles. The first-order valence-electron chi connectivity index (χ1n) is 9.61. The number of fused-ring (bicyclic) bond motifs is 1. The van der Waals surface area contributed by atoms with Gasteiger partial charge in [0.15, 0.2) is 0 Å². The van der Waals surface area contributed by atoms with Gasteiger partial charge in [-0.25, -0.2) is 8.42 Å². The largest absolute Gasteiger partial charge is 0.336 e. The third-order valence-corrected chi connectivity index (χ3v) is 7.95. The van der Waals surface area contributed by atoms with Gasteiger partial charge in [0, 0.05) is 24.7 Å². The summed E-state index contributed by atoms with van der Waals surface area (Å²) in [6.45, 7) is 3.11. The molecule has 1 amide bonds. The van der Waals surface area contributed by atoms with Crippen LogP contribution in [0.4, 0.5) is 5.69 Å². The van der Waals surface area contributed by atoms with Crippen molar-refractivity contribution in [1.82, 2.24) is 4.90 Å². The van der Waals surface area contributed by atoms with Gasteiger partial charge in [0.2, 0.25) is 0 Å². The first-order chi connectivity index (χ1) is 13.4. The first kappa shape index (κ1) is 19.3. The second kappa shape index (κ2) is 7.41. The predicted octanol–water partition coefficient (Wildman–Crippen LogP) is 4.11. The van der Waals surface area contributed by atoms with E-state index in [2.05, 4.69) is 0 Å². The molecule has 0 aromatic heterocycles. The lowest BCUT2D eigenvalue weighted by atomic mass is 10.0. The molecule has 0 spiro atoms. The van der Waals surface area contributed by atoms with Crippen molar-refractivity contribution in [2.24, 2.45) is 0 Å². The van der Waals surface area contributed by atoms with Crippen LogP contribution in [0.25, 0.3) is 0 Å². The van der Waals surface area contributed by atoms with Gasteiger partial charge in [0.05, 0.1) is 10.7 Å². The number of amides is 1. The van der Waals surface area contributed by atoms with Crippen LogP contribution in [-0.2, 0) is 16.4 Å². The summed E-state index contributed by atoms with van der Waals surface area (Å²) in [5, 5.41) is 0.132. The molecule has 0 bridgehead atoms. The SMILES string of the molecule is CC1CCCCN1C(=O)c1ccc(Cl)c(S(=O)(=O)N2CCc3ccccc32)c1. The minimum atomic E-state index is -3.85. The molecular weight excluding hydrogens is 396 g/mol. The van der Waals surface area contributed by atoms with Crippen molar-refractivity contribution in [3.63, 3.8) is 0 Å². The van der Waals surface area contributed by atoms with Gasteiger partial charge < -0.3 is 4.90 Å². The van der Waals surface area contributed by atoms with Crippen LogP contribution >= 0.6 is 11.6 Å². The van der Waals surface area contributed by atoms with Crippen LogP contribution in [0, 0.1) is 0 Å². The van der Waals surface area contributed by atoms with Crippen LogP contribution in [0.1, 0.15) is 42.1 Å². The van der Waals surface area contributed by atoms with E-state index >= 15 is 0 Å². The van der Waals surface area contributed by atoms with Gasteiger partial charge in [-0.2, -0.15) is 0 Å². The predicted molar refractivity (Wildman–Crippen MR) is 110 cm³/mol. The van der Waals surface area contributed by atoms with E-state index in [0.717, 1.165) is 24.8 Å². The van der Waals surface area contributed by atoms with E-state index in [-0.39, 0.29) is 21.9 Å². The first-order valence-corrected chi connectivity index (χ1v) is 11.4. The zero-order valence-corrected chi connectivity index (χ0v) is 17.3. The van der Waals surface area contributed by atoms with Crippen molar-refractivity contribution in [3.05, 3.63) is 58.6 Å². The van der Waals surface area contributed by atoms with E-state index in [0.29, 0.717) is 30.8 Å². The number of hydrogen-bond acceptors (Lipinski definition) is 3. The Balaban J connectivity index is 1.70. The van der Waals surface area contributed by atoms with E-state index in [1.807, 2.05) is 30.0 Å². The molecule has 148 valence electrons. The highest BCUT2D eigenvalue weighted by Crippen LogP contribution is 2.35. The van der Waals surface area contributed by atoms with Crippen molar-refractivity contribution >= 4 is 33.2 Å². The standard InChI is InChI=1S/C21H23ClN2O3S/c1-15-6-4-5-12-23(15)21(25)17-9-10-18(22)20(14-17)28(26,27)24-13-11-16-7-2-3-8-19(16)24/h2-3,7-10,14-15H,4-6,11-13H2,1H3. The quantitative estimate of drug-likeness (QED) is 0.753. The summed E-state index contributed by atoms with van der Waals surface area (Å²) in [7, 11) is -3.85. The average molecular weight is 419 g/mol. The molecule has 1 atom stereocenters. The van der Waals surface area contributed by atoms with E-state index in [1.165, 1.54) is 16.4 Å². The summed E-state index contributed by atoms with van der Waals surface area (Å²) in [6, 6.07) is 12.2. The minimum Gasteiger partial charge on any atom is -0.336 e. The Hall–Kier alpha value is -2.05. The number of para-hydroxylation sites is 1. The topological polar surface area (TPSA) is 57.7 Å². The summed E-state index contributed by atoms with van der Waals surface area (Å²) in [5.41, 5.74) is 2.04. The summed E-state index contributed by atoms with van der Waals surface area (Å²) < 4.78 is 28.1. The molecule has 2 aliphatic rings. The number of carbonyl (C=O) groups excluding carboxylic acids is 1. The number of hydrogen-bond donors (Lipinski definition) is 0. The van der Waals surface area contributed by atoms with E-state index < -0.39 is 10.0 Å². The molecule has 2 aliphatic heterocycles. The number of piperidine rings is 1. The number of benzene rings is 2. The highest BCUT2D eigenvalue weighted by Gasteiger charge is 2.33. The molecule has 7 heteroatoms. The molecule has 4 rings (SSSR count). The fourth-order valence-corrected chi connectivity index (χ4v) is 6.08. The van der Waals surface area contributed by atoms with Crippen molar-refractivity contribution < 1.29 is 13.2 Å². The lowest BCUT2D eigenvalue weighted by Gasteiger charge is -2.33. The van der Waals surface area contributed by atoms with Gasteiger partial charge in [0.25, 0.3) is 15.9 Å². The van der Waals surface area contributed by atoms with Gasteiger partial charge in [-0.3, -0.25) is 9.10 Å². The fourth-order valence-electron chi connectivity index (χ4n) is 4.08. The lowest BCUT2D eigenvalue weighted by Crippen LogP contribution is -2.42. The fraction of sp³-hybridized carbons (Fsp3) is 0.381. The van der Waals surface area contributed by atoms with E-state index in [1.54, 1.807) is 12.1 Å². The van der Waals surface area contributed by atoms with Gasteiger partial charge >= 0.3 is 0 Å². The molecular formula is C21H23ClN2O3S. The number of anilines is 1. The molecule has 0 saturated carbocycles. The Labute approximate surface area is 171 Å². The van der Waals surface area contributed by atoms with Crippen molar-refractivity contribution in [3.8, 4) is 0 Å². The maximum Gasteiger partial charge on any atom is 0.265 e. The molecule has 0 radical (unpaired) electrons. The van der Waals surface area contributed by atoms with Crippen LogP contribution in [0.5, 0.6) is 0 Å². The smallest absolute Gasteiger partial charge is 0.265 e. The highest BCUT2D eigenvalue weighted by molar-refractivity contribution is 7.93. The molecule has 0 N–H and O–H groups in total. The molecule has 1 saturated heterocycles. The van der Waals surface area contributed by atoms with Crippen molar-refractivity contribution in [1.29, 1.82) is 0 Å². The van der Waals surface area contributed by atoms with Crippen LogP contribution in [0.15, 0.2) is 47.4 Å². The lowest BCUT2D eigenvalue weighted by molar-refractivity contribution is 0.0635. The maximum atomic E-state index is 13.4. The van der Waals surface area contributed by atoms with Crippen LogP contribution in [0.2, 0.25) is 5.02 Å². The second-order valence-corrected chi connectivity index (χ2v) is 9.68. The maximum absolute atomic E-state index is 13.4. The number of likely N-dealkylation sites (tertiary alicyclic amines) is 1. The van der Waals surface area contributed by atoms with Gasteiger partial charge in [-0.1, -0.05) is 29.8 Å². The molecule has 5 nitrogen and oxygen atoms in total. The van der Waals surface area contributed by atoms with Gasteiger partial charge in [0.1, 0.15) is 4.90 Å². The number of halogens is 1. The molecule has 2 aromatic rings. The number of carbonyl (C=O) groups is 1. The Morgan fingerprint density at radius 3 is 2.68 bits per heavy atom. The highest BCUT2D eigenvalue weighted by atomic mass is 35.5. The average Bonchev–Trinajstić information content (AvgIpc) is 3.13. The molecule has 2 aromatic carbocycles. The summed E-state index contributed by atoms with van der Waals surface area (Å²) in [5.74, 6) is -0.137. The third-order valence-electron chi connectivity index (χ3n) is 5.65. The zero-order chi connectivity index (χ0) is 19.9. The second-order valence-electron chi connectivity index (χ2n) is 7.44. The van der Waals surface area contributed by atoms with Gasteiger partial charge in [-0.05, 0) is 62.4 Å². The Morgan fingerprint density at radius 2 is 1.89 bits per heavy atom. The molecule has 28 heavy (non-hydrogen) atoms. The van der Waals surface area contributed by atoms with Crippen molar-refractivity contribution in [2.75, 3.05) is 17.4 Å². The van der Waals surface area contributed by atoms with Crippen LogP contribution < -0.4 is 4.31 Å². The Morgan fingerprint density at radius 1 is 1.11 bits per heavy atom. The van der Waals surface area contributed by atoms with Crippen LogP contribution in [-0.4, -0.2) is 38.4 Å². The Bertz CT molecular complexity index is 1020. The number of nitrogens with zero attached hydrogens (tertiary/aromatic N) is 2. The summed E-state index contributed by atoms with van der Waals surface area (Å²) >= 11 is 6.27. The monoisotopic (exact) mass is 418 g/mol. The summed E-state index contributed by atoms with van der Waals surface area (Å²) in [6.07, 6.45) is 3.71. The zero-order valence-electron chi connectivity index (χ0n) is 15.8. The van der Waals surface area contributed by atoms with Crippen LogP contribution in [0.3, 0.4) is 0 Å². The number of rotatable bonds is 3. The molecule has 1 fully saturated rings. The third kappa shape index (κ3) is 3.29. The minimum absolute atomic E-state index is 0.0126. The normalized spacial score (nSPS) is 19.6. The molecule has 2 heterocycles. The summed E-state index contributed by atoms with van der Waals surface area (Å²) in [4.78, 5) is 14.8. The van der Waals surface area contributed by atoms with E-state index in [4.69, 9.17) is 11.6 Å². The van der Waals surface area contributed by atoms with Gasteiger partial charge in [-0.15, -0.1) is 0 Å². The number of sulfonamides is 1. The van der Waals surface area contributed by atoms with Crippen molar-refractivity contribution in [2.45, 2.75) is 43.5 Å². The molecule has 1 unspecified atom stereocenters.